The monoisotopic (exact) mass is 680 g/mol. The number of nitriles is 1. The molecule has 0 saturated carbocycles. The van der Waals surface area contributed by atoms with Crippen LogP contribution in [0.4, 0.5) is 5.69 Å². The number of aromatic nitrogens is 2. The Kier molecular flexibility index (Phi) is 6.55. The number of nitrogens with zero attached hydrogens (tertiary/aromatic N) is 4. The highest BCUT2D eigenvalue weighted by atomic mass is 16.4. The normalized spacial score (nSPS) is 12.8. The SMILES string of the molecule is [C-]#[N+]c1ccc2oc(-c3cc(-c4cccc(-c5ccc6c(c5)C(C)(C)c5ccc7ccccc7c5-6)c4)cc(-c4nc5cc(C#N)ccc5o4)c3)nc2c1. The summed E-state index contributed by atoms with van der Waals surface area (Å²) < 4.78 is 12.5. The van der Waals surface area contributed by atoms with E-state index in [4.69, 9.17) is 25.4 Å². The number of hydrogen-bond donors (Lipinski definition) is 0. The largest absolute Gasteiger partial charge is 0.436 e. The summed E-state index contributed by atoms with van der Waals surface area (Å²) in [5, 5.41) is 12.0. The molecule has 0 aliphatic heterocycles. The minimum absolute atomic E-state index is 0.145. The average Bonchev–Trinajstić information content (AvgIpc) is 3.89. The van der Waals surface area contributed by atoms with Gasteiger partial charge in [0.1, 0.15) is 5.52 Å². The molecular weight excluding hydrogens is 653 g/mol. The van der Waals surface area contributed by atoms with Crippen LogP contribution in [0.2, 0.25) is 0 Å². The molecule has 2 aromatic heterocycles. The first-order valence-corrected chi connectivity index (χ1v) is 17.4. The van der Waals surface area contributed by atoms with E-state index < -0.39 is 0 Å². The topological polar surface area (TPSA) is 80.2 Å². The van der Waals surface area contributed by atoms with Gasteiger partial charge in [-0.05, 0) is 116 Å². The Morgan fingerprint density at radius 1 is 0.604 bits per heavy atom. The van der Waals surface area contributed by atoms with E-state index in [0.717, 1.165) is 33.4 Å². The smallest absolute Gasteiger partial charge is 0.227 e. The number of oxazole rings is 2. The first-order chi connectivity index (χ1) is 25.9. The lowest BCUT2D eigenvalue weighted by molar-refractivity contribution is 0.617. The summed E-state index contributed by atoms with van der Waals surface area (Å²) in [6.45, 7) is 12.1. The van der Waals surface area contributed by atoms with Crippen LogP contribution in [0.1, 0.15) is 30.5 Å². The molecule has 1 aliphatic carbocycles. The number of benzene rings is 7. The highest BCUT2D eigenvalue weighted by molar-refractivity contribution is 6.03. The van der Waals surface area contributed by atoms with Crippen LogP contribution in [0.5, 0.6) is 0 Å². The van der Waals surface area contributed by atoms with Crippen molar-refractivity contribution >= 4 is 38.7 Å². The van der Waals surface area contributed by atoms with Crippen molar-refractivity contribution in [2.24, 2.45) is 0 Å². The van der Waals surface area contributed by atoms with E-state index >= 15 is 0 Å². The molecule has 248 valence electrons. The van der Waals surface area contributed by atoms with Crippen molar-refractivity contribution in [2.75, 3.05) is 0 Å². The van der Waals surface area contributed by atoms with Crippen LogP contribution in [-0.2, 0) is 5.41 Å². The van der Waals surface area contributed by atoms with Gasteiger partial charge in [0.2, 0.25) is 11.8 Å². The third-order valence-electron chi connectivity index (χ3n) is 10.5. The molecule has 10 rings (SSSR count). The zero-order chi connectivity index (χ0) is 35.8. The van der Waals surface area contributed by atoms with Crippen LogP contribution in [-0.4, -0.2) is 9.97 Å². The van der Waals surface area contributed by atoms with Crippen molar-refractivity contribution < 1.29 is 8.83 Å². The molecule has 0 amide bonds. The van der Waals surface area contributed by atoms with Gasteiger partial charge in [-0.3, -0.25) is 0 Å². The standard InChI is InChI=1S/C47H28N4O2/c1-47(2)38-16-13-28-7-4-5-10-36(28)44(38)37-15-12-31(24-39(37)47)29-8-6-9-30(20-29)32-21-33(45-50-40-19-27(26-48)11-17-42(40)52-45)23-34(22-32)46-51-41-25-35(49-3)14-18-43(41)53-46/h4-25H,1-2H3. The first-order valence-electron chi connectivity index (χ1n) is 17.4. The van der Waals surface area contributed by atoms with Gasteiger partial charge in [0.15, 0.2) is 16.9 Å². The number of fused-ring (bicyclic) bond motifs is 7. The van der Waals surface area contributed by atoms with Crippen molar-refractivity contribution in [3.05, 3.63) is 162 Å². The molecular formula is C47H28N4O2. The average molecular weight is 681 g/mol. The van der Waals surface area contributed by atoms with Gasteiger partial charge in [0, 0.05) is 16.5 Å². The third-order valence-corrected chi connectivity index (χ3v) is 10.5. The Hall–Kier alpha value is -7.28. The highest BCUT2D eigenvalue weighted by Gasteiger charge is 2.36. The Balaban J connectivity index is 1.10. The van der Waals surface area contributed by atoms with Crippen molar-refractivity contribution in [1.29, 1.82) is 5.26 Å². The molecule has 6 nitrogen and oxygen atoms in total. The van der Waals surface area contributed by atoms with Crippen LogP contribution < -0.4 is 0 Å². The fourth-order valence-electron chi connectivity index (χ4n) is 7.84. The molecule has 0 unspecified atom stereocenters. The summed E-state index contributed by atoms with van der Waals surface area (Å²) in [6.07, 6.45) is 0. The second-order valence-electron chi connectivity index (χ2n) is 14.1. The van der Waals surface area contributed by atoms with E-state index in [1.807, 2.05) is 6.07 Å². The number of hydrogen-bond acceptors (Lipinski definition) is 5. The molecule has 0 saturated heterocycles. The van der Waals surface area contributed by atoms with Crippen LogP contribution in [0, 0.1) is 17.9 Å². The zero-order valence-electron chi connectivity index (χ0n) is 28.8. The lowest BCUT2D eigenvalue weighted by Crippen LogP contribution is -2.15. The van der Waals surface area contributed by atoms with E-state index in [1.54, 1.807) is 36.4 Å². The fourth-order valence-corrected chi connectivity index (χ4v) is 7.84. The Morgan fingerprint density at radius 3 is 2.02 bits per heavy atom. The molecule has 0 radical (unpaired) electrons. The molecule has 0 bridgehead atoms. The Labute approximate surface area is 305 Å². The number of rotatable bonds is 4. The predicted molar refractivity (Wildman–Crippen MR) is 209 cm³/mol. The van der Waals surface area contributed by atoms with Crippen LogP contribution >= 0.6 is 0 Å². The molecule has 9 aromatic rings. The fraction of sp³-hybridized carbons (Fsp3) is 0.0638. The molecule has 0 fully saturated rings. The van der Waals surface area contributed by atoms with Gasteiger partial charge in [-0.1, -0.05) is 86.6 Å². The summed E-state index contributed by atoms with van der Waals surface area (Å²) in [4.78, 5) is 13.1. The van der Waals surface area contributed by atoms with E-state index in [1.165, 1.54) is 33.0 Å². The van der Waals surface area contributed by atoms with Gasteiger partial charge >= 0.3 is 0 Å². The highest BCUT2D eigenvalue weighted by Crippen LogP contribution is 2.52. The summed E-state index contributed by atoms with van der Waals surface area (Å²) in [5.41, 5.74) is 14.3. The van der Waals surface area contributed by atoms with E-state index in [9.17, 15) is 5.26 Å². The van der Waals surface area contributed by atoms with Crippen LogP contribution in [0.25, 0.3) is 94.1 Å². The molecule has 6 heteroatoms. The molecule has 0 atom stereocenters. The molecule has 7 aromatic carbocycles. The maximum absolute atomic E-state index is 9.45. The molecule has 0 N–H and O–H groups in total. The summed E-state index contributed by atoms with van der Waals surface area (Å²) in [6, 6.07) is 47.3. The minimum atomic E-state index is -0.145. The lowest BCUT2D eigenvalue weighted by Gasteiger charge is -2.22. The van der Waals surface area contributed by atoms with Crippen molar-refractivity contribution in [2.45, 2.75) is 19.3 Å². The second kappa shape index (κ2) is 11.4. The van der Waals surface area contributed by atoms with Gasteiger partial charge in [-0.2, -0.15) is 5.26 Å². The van der Waals surface area contributed by atoms with Gasteiger partial charge in [0.25, 0.3) is 0 Å². The quantitative estimate of drug-likeness (QED) is 0.173. The molecule has 53 heavy (non-hydrogen) atoms. The summed E-state index contributed by atoms with van der Waals surface area (Å²) in [7, 11) is 0. The predicted octanol–water partition coefficient (Wildman–Crippen LogP) is 12.5. The van der Waals surface area contributed by atoms with Gasteiger partial charge < -0.3 is 8.83 Å². The third kappa shape index (κ3) is 4.85. The summed E-state index contributed by atoms with van der Waals surface area (Å²) in [5.74, 6) is 0.853. The van der Waals surface area contributed by atoms with E-state index in [-0.39, 0.29) is 5.41 Å². The lowest BCUT2D eigenvalue weighted by atomic mass is 9.81. The Morgan fingerprint density at radius 2 is 1.26 bits per heavy atom. The second-order valence-corrected chi connectivity index (χ2v) is 14.1. The summed E-state index contributed by atoms with van der Waals surface area (Å²) >= 11 is 0. The molecule has 0 spiro atoms. The Bertz CT molecular complexity index is 2970. The van der Waals surface area contributed by atoms with Crippen LogP contribution in [0.3, 0.4) is 0 Å². The first kappa shape index (κ1) is 30.5. The van der Waals surface area contributed by atoms with Gasteiger partial charge in [0.05, 0.1) is 23.7 Å². The van der Waals surface area contributed by atoms with Crippen LogP contribution in [0.15, 0.2) is 142 Å². The van der Waals surface area contributed by atoms with Gasteiger partial charge in [-0.25, -0.2) is 14.8 Å². The maximum atomic E-state index is 9.45. The molecule has 2 heterocycles. The zero-order valence-corrected chi connectivity index (χ0v) is 28.8. The van der Waals surface area contributed by atoms with E-state index in [2.05, 4.69) is 116 Å². The van der Waals surface area contributed by atoms with Gasteiger partial charge in [-0.15, -0.1) is 0 Å². The maximum Gasteiger partial charge on any atom is 0.227 e. The van der Waals surface area contributed by atoms with Crippen molar-refractivity contribution in [1.82, 2.24) is 9.97 Å². The van der Waals surface area contributed by atoms with Crippen molar-refractivity contribution in [3.8, 4) is 62.4 Å². The minimum Gasteiger partial charge on any atom is -0.436 e. The molecule has 1 aliphatic rings. The van der Waals surface area contributed by atoms with E-state index in [0.29, 0.717) is 45.2 Å². The van der Waals surface area contributed by atoms with Crippen molar-refractivity contribution in [3.63, 3.8) is 0 Å².